The van der Waals surface area contributed by atoms with E-state index >= 15 is 0 Å². The minimum absolute atomic E-state index is 0.0272. The molecule has 0 radical (unpaired) electrons. The number of nitrogens with one attached hydrogen (secondary N) is 2. The molecule has 2 N–H and O–H groups in total. The molecular formula is C14H20N4. The van der Waals surface area contributed by atoms with E-state index in [2.05, 4.69) is 41.4 Å². The van der Waals surface area contributed by atoms with Gasteiger partial charge in [0.1, 0.15) is 5.82 Å². The highest BCUT2D eigenvalue weighted by molar-refractivity contribution is 5.90. The third kappa shape index (κ3) is 2.88. The molecule has 4 nitrogen and oxygen atoms in total. The van der Waals surface area contributed by atoms with Gasteiger partial charge in [0.05, 0.1) is 5.52 Å². The molecule has 1 aromatic carbocycles. The fourth-order valence-corrected chi connectivity index (χ4v) is 1.76. The van der Waals surface area contributed by atoms with Crippen LogP contribution in [0.15, 0.2) is 24.3 Å². The van der Waals surface area contributed by atoms with E-state index in [-0.39, 0.29) is 5.54 Å². The Bertz CT molecular complexity index is 543. The van der Waals surface area contributed by atoms with E-state index in [0.29, 0.717) is 5.95 Å². The first-order chi connectivity index (χ1) is 8.49. The second-order valence-electron chi connectivity index (χ2n) is 5.32. The quantitative estimate of drug-likeness (QED) is 0.870. The molecule has 0 fully saturated rings. The smallest absolute Gasteiger partial charge is 0.225 e. The molecular weight excluding hydrogens is 224 g/mol. The summed E-state index contributed by atoms with van der Waals surface area (Å²) in [6.45, 7) is 9.22. The lowest BCUT2D eigenvalue weighted by Gasteiger charge is -2.22. The van der Waals surface area contributed by atoms with Crippen molar-refractivity contribution in [1.82, 2.24) is 9.97 Å². The number of aromatic nitrogens is 2. The minimum Gasteiger partial charge on any atom is -0.365 e. The summed E-state index contributed by atoms with van der Waals surface area (Å²) in [5, 5.41) is 7.65. The van der Waals surface area contributed by atoms with Crippen LogP contribution in [0.5, 0.6) is 0 Å². The summed E-state index contributed by atoms with van der Waals surface area (Å²) in [6.07, 6.45) is 0. The SMILES string of the molecule is CCNc1nc(NC(C)(C)C)c2ccccc2n1. The zero-order valence-corrected chi connectivity index (χ0v) is 11.4. The Hall–Kier alpha value is -1.84. The van der Waals surface area contributed by atoms with E-state index in [4.69, 9.17) is 0 Å². The van der Waals surface area contributed by atoms with Crippen LogP contribution in [0.1, 0.15) is 27.7 Å². The molecule has 0 saturated heterocycles. The first-order valence-electron chi connectivity index (χ1n) is 6.28. The van der Waals surface area contributed by atoms with Gasteiger partial charge in [-0.2, -0.15) is 4.98 Å². The molecule has 0 aliphatic heterocycles. The Labute approximate surface area is 108 Å². The van der Waals surface area contributed by atoms with Gasteiger partial charge < -0.3 is 10.6 Å². The minimum atomic E-state index is -0.0272. The second-order valence-corrected chi connectivity index (χ2v) is 5.32. The van der Waals surface area contributed by atoms with Crippen LogP contribution in [-0.2, 0) is 0 Å². The average Bonchev–Trinajstić information content (AvgIpc) is 2.27. The second kappa shape index (κ2) is 4.80. The topological polar surface area (TPSA) is 49.8 Å². The summed E-state index contributed by atoms with van der Waals surface area (Å²) in [4.78, 5) is 9.04. The van der Waals surface area contributed by atoms with Crippen LogP contribution in [0.25, 0.3) is 10.9 Å². The average molecular weight is 244 g/mol. The number of hydrogen-bond donors (Lipinski definition) is 2. The summed E-state index contributed by atoms with van der Waals surface area (Å²) < 4.78 is 0. The molecule has 0 spiro atoms. The molecule has 0 unspecified atom stereocenters. The molecule has 1 heterocycles. The lowest BCUT2D eigenvalue weighted by Crippen LogP contribution is -2.27. The Balaban J connectivity index is 2.53. The van der Waals surface area contributed by atoms with Crippen molar-refractivity contribution in [2.45, 2.75) is 33.2 Å². The first kappa shape index (κ1) is 12.6. The van der Waals surface area contributed by atoms with Gasteiger partial charge in [0.25, 0.3) is 0 Å². The molecule has 2 rings (SSSR count). The van der Waals surface area contributed by atoms with E-state index in [0.717, 1.165) is 23.3 Å². The maximum Gasteiger partial charge on any atom is 0.225 e. The van der Waals surface area contributed by atoms with Crippen molar-refractivity contribution >= 4 is 22.7 Å². The zero-order chi connectivity index (χ0) is 13.2. The number of anilines is 2. The maximum absolute atomic E-state index is 4.54. The summed E-state index contributed by atoms with van der Waals surface area (Å²) >= 11 is 0. The number of nitrogens with zero attached hydrogens (tertiary/aromatic N) is 2. The van der Waals surface area contributed by atoms with Gasteiger partial charge >= 0.3 is 0 Å². The predicted molar refractivity (Wildman–Crippen MR) is 77.1 cm³/mol. The van der Waals surface area contributed by atoms with E-state index in [1.165, 1.54) is 0 Å². The largest absolute Gasteiger partial charge is 0.365 e. The van der Waals surface area contributed by atoms with E-state index in [1.807, 2.05) is 31.2 Å². The van der Waals surface area contributed by atoms with Gasteiger partial charge in [0, 0.05) is 17.5 Å². The van der Waals surface area contributed by atoms with Crippen molar-refractivity contribution in [3.63, 3.8) is 0 Å². The van der Waals surface area contributed by atoms with Crippen molar-refractivity contribution in [2.24, 2.45) is 0 Å². The monoisotopic (exact) mass is 244 g/mol. The van der Waals surface area contributed by atoms with Crippen molar-refractivity contribution in [3.05, 3.63) is 24.3 Å². The summed E-state index contributed by atoms with van der Waals surface area (Å²) in [5.74, 6) is 1.55. The molecule has 4 heteroatoms. The van der Waals surface area contributed by atoms with Gasteiger partial charge in [-0.1, -0.05) is 12.1 Å². The van der Waals surface area contributed by atoms with Crippen molar-refractivity contribution in [1.29, 1.82) is 0 Å². The van der Waals surface area contributed by atoms with Gasteiger partial charge in [-0.15, -0.1) is 0 Å². The van der Waals surface area contributed by atoms with E-state index in [1.54, 1.807) is 0 Å². The fraction of sp³-hybridized carbons (Fsp3) is 0.429. The number of hydrogen-bond acceptors (Lipinski definition) is 4. The molecule has 2 aromatic rings. The normalized spacial score (nSPS) is 11.6. The van der Waals surface area contributed by atoms with Gasteiger partial charge in [0.15, 0.2) is 0 Å². The summed E-state index contributed by atoms with van der Waals surface area (Å²) in [7, 11) is 0. The first-order valence-corrected chi connectivity index (χ1v) is 6.28. The van der Waals surface area contributed by atoms with Crippen molar-refractivity contribution in [3.8, 4) is 0 Å². The van der Waals surface area contributed by atoms with Crippen LogP contribution < -0.4 is 10.6 Å². The summed E-state index contributed by atoms with van der Waals surface area (Å²) in [6, 6.07) is 8.04. The fourth-order valence-electron chi connectivity index (χ4n) is 1.76. The van der Waals surface area contributed by atoms with Gasteiger partial charge in [-0.25, -0.2) is 4.98 Å². The number of para-hydroxylation sites is 1. The Morgan fingerprint density at radius 1 is 1.11 bits per heavy atom. The number of rotatable bonds is 3. The third-order valence-electron chi connectivity index (χ3n) is 2.43. The van der Waals surface area contributed by atoms with E-state index in [9.17, 15) is 0 Å². The zero-order valence-electron chi connectivity index (χ0n) is 11.4. The molecule has 0 aliphatic carbocycles. The Kier molecular flexibility index (Phi) is 3.36. The maximum atomic E-state index is 4.54. The molecule has 0 bridgehead atoms. The number of benzene rings is 1. The lowest BCUT2D eigenvalue weighted by atomic mass is 10.1. The summed E-state index contributed by atoms with van der Waals surface area (Å²) in [5.41, 5.74) is 0.927. The molecule has 0 amide bonds. The highest BCUT2D eigenvalue weighted by atomic mass is 15.2. The lowest BCUT2D eigenvalue weighted by molar-refractivity contribution is 0.631. The van der Waals surface area contributed by atoms with Crippen LogP contribution >= 0.6 is 0 Å². The molecule has 1 aromatic heterocycles. The Morgan fingerprint density at radius 3 is 2.50 bits per heavy atom. The molecule has 18 heavy (non-hydrogen) atoms. The van der Waals surface area contributed by atoms with Crippen molar-refractivity contribution < 1.29 is 0 Å². The van der Waals surface area contributed by atoms with Crippen LogP contribution in [-0.4, -0.2) is 22.1 Å². The van der Waals surface area contributed by atoms with Crippen LogP contribution in [0.2, 0.25) is 0 Å². The molecule has 0 aliphatic rings. The molecule has 0 atom stereocenters. The highest BCUT2D eigenvalue weighted by Gasteiger charge is 2.14. The Morgan fingerprint density at radius 2 is 1.83 bits per heavy atom. The highest BCUT2D eigenvalue weighted by Crippen LogP contribution is 2.24. The van der Waals surface area contributed by atoms with Gasteiger partial charge in [-0.3, -0.25) is 0 Å². The third-order valence-corrected chi connectivity index (χ3v) is 2.43. The van der Waals surface area contributed by atoms with E-state index < -0.39 is 0 Å². The van der Waals surface area contributed by atoms with Gasteiger partial charge in [-0.05, 0) is 39.8 Å². The van der Waals surface area contributed by atoms with Crippen LogP contribution in [0, 0.1) is 0 Å². The molecule has 96 valence electrons. The van der Waals surface area contributed by atoms with Crippen LogP contribution in [0.4, 0.5) is 11.8 Å². The van der Waals surface area contributed by atoms with Gasteiger partial charge in [0.2, 0.25) is 5.95 Å². The van der Waals surface area contributed by atoms with Crippen LogP contribution in [0.3, 0.4) is 0 Å². The number of fused-ring (bicyclic) bond motifs is 1. The standard InChI is InChI=1S/C14H20N4/c1-5-15-13-16-11-9-7-6-8-10(11)12(17-13)18-14(2,3)4/h6-9H,5H2,1-4H3,(H2,15,16,17,18). The predicted octanol–water partition coefficient (Wildman–Crippen LogP) is 3.27. The van der Waals surface area contributed by atoms with Crippen molar-refractivity contribution in [2.75, 3.05) is 17.2 Å². The molecule has 0 saturated carbocycles.